The number of aryl methyl sites for hydroxylation is 1. The lowest BCUT2D eigenvalue weighted by Crippen LogP contribution is -2.47. The summed E-state index contributed by atoms with van der Waals surface area (Å²) in [6, 6.07) is 12.1. The van der Waals surface area contributed by atoms with Crippen molar-refractivity contribution in [1.29, 1.82) is 0 Å². The summed E-state index contributed by atoms with van der Waals surface area (Å²) in [5, 5.41) is 43.8. The molecule has 7 nitrogen and oxygen atoms in total. The minimum Gasteiger partial charge on any atom is -0.507 e. The zero-order valence-corrected chi connectivity index (χ0v) is 15.2. The predicted molar refractivity (Wildman–Crippen MR) is 103 cm³/mol. The number of amides is 1. The lowest BCUT2D eigenvalue weighted by Gasteiger charge is -2.19. The molecule has 0 aliphatic heterocycles. The Labute approximate surface area is 158 Å². The van der Waals surface area contributed by atoms with Crippen LogP contribution in [0.15, 0.2) is 42.5 Å². The van der Waals surface area contributed by atoms with Crippen molar-refractivity contribution in [3.8, 4) is 5.75 Å². The van der Waals surface area contributed by atoms with Gasteiger partial charge < -0.3 is 30.9 Å². The normalized spacial score (nSPS) is 11.9. The minimum atomic E-state index is -1.77. The molecule has 1 amide bonds. The second-order valence-corrected chi connectivity index (χ2v) is 6.38. The highest BCUT2D eigenvalue weighted by atomic mass is 16.4. The van der Waals surface area contributed by atoms with Crippen molar-refractivity contribution in [2.45, 2.75) is 25.8 Å². The Kier molecular flexibility index (Phi) is 7.81. The van der Waals surface area contributed by atoms with E-state index in [1.165, 1.54) is 0 Å². The first-order chi connectivity index (χ1) is 12.9. The van der Waals surface area contributed by atoms with Gasteiger partial charge in [0.2, 0.25) is 0 Å². The molecule has 8 heteroatoms. The van der Waals surface area contributed by atoms with Gasteiger partial charge in [-0.2, -0.15) is 0 Å². The fourth-order valence-corrected chi connectivity index (χ4v) is 2.69. The largest absolute Gasteiger partial charge is 0.507 e. The summed E-state index contributed by atoms with van der Waals surface area (Å²) in [7, 11) is -1.77. The maximum Gasteiger partial charge on any atom is 0.475 e. The predicted octanol–water partition coefficient (Wildman–Crippen LogP) is 0.136. The first-order valence-corrected chi connectivity index (χ1v) is 8.77. The van der Waals surface area contributed by atoms with E-state index in [2.05, 4.69) is 10.6 Å². The smallest absolute Gasteiger partial charge is 0.475 e. The molecule has 0 fully saturated rings. The van der Waals surface area contributed by atoms with E-state index in [0.717, 1.165) is 5.56 Å². The summed E-state index contributed by atoms with van der Waals surface area (Å²) < 4.78 is 0. The van der Waals surface area contributed by atoms with Crippen LogP contribution >= 0.6 is 0 Å². The molecule has 2 aromatic rings. The van der Waals surface area contributed by atoms with Gasteiger partial charge >= 0.3 is 7.12 Å². The van der Waals surface area contributed by atoms with Crippen molar-refractivity contribution in [3.05, 3.63) is 64.7 Å². The van der Waals surface area contributed by atoms with E-state index in [9.17, 15) is 19.9 Å². The van der Waals surface area contributed by atoms with E-state index < -0.39 is 19.0 Å². The number of hydrogen-bond acceptors (Lipinski definition) is 6. The molecule has 0 aliphatic carbocycles. The second kappa shape index (κ2) is 10.1. The van der Waals surface area contributed by atoms with Gasteiger partial charge in [-0.25, -0.2) is 0 Å². The topological polar surface area (TPSA) is 122 Å². The monoisotopic (exact) mass is 372 g/mol. The molecule has 0 aromatic heterocycles. The third-order valence-electron chi connectivity index (χ3n) is 4.27. The Morgan fingerprint density at radius 1 is 1.15 bits per heavy atom. The maximum absolute atomic E-state index is 12.4. The Hall–Kier alpha value is -2.39. The van der Waals surface area contributed by atoms with Crippen LogP contribution in [0, 0.1) is 6.92 Å². The van der Waals surface area contributed by atoms with Gasteiger partial charge in [0.25, 0.3) is 5.91 Å². The van der Waals surface area contributed by atoms with Gasteiger partial charge in [0, 0.05) is 18.7 Å². The molecule has 0 heterocycles. The van der Waals surface area contributed by atoms with Crippen LogP contribution in [0.2, 0.25) is 0 Å². The number of hydrogen-bond donors (Lipinski definition) is 6. The summed E-state index contributed by atoms with van der Waals surface area (Å²) in [6.07, 6.45) is 0.0834. The van der Waals surface area contributed by atoms with E-state index >= 15 is 0 Å². The number of nitrogens with one attached hydrogen (secondary N) is 2. The number of rotatable bonds is 9. The van der Waals surface area contributed by atoms with Crippen LogP contribution in [0.25, 0.3) is 0 Å². The second-order valence-electron chi connectivity index (χ2n) is 6.38. The van der Waals surface area contributed by atoms with Crippen molar-refractivity contribution in [1.82, 2.24) is 10.6 Å². The van der Waals surface area contributed by atoms with Gasteiger partial charge in [0.05, 0.1) is 12.5 Å². The molecule has 0 radical (unpaired) electrons. The van der Waals surface area contributed by atoms with E-state index in [4.69, 9.17) is 5.11 Å². The van der Waals surface area contributed by atoms with E-state index in [1.54, 1.807) is 49.4 Å². The van der Waals surface area contributed by atoms with Gasteiger partial charge in [-0.1, -0.05) is 30.3 Å². The van der Waals surface area contributed by atoms with Crippen molar-refractivity contribution in [2.24, 2.45) is 0 Å². The third kappa shape index (κ3) is 6.08. The number of aliphatic hydroxyl groups excluding tert-OH is 1. The third-order valence-corrected chi connectivity index (χ3v) is 4.27. The van der Waals surface area contributed by atoms with Crippen molar-refractivity contribution < 1.29 is 25.1 Å². The molecule has 27 heavy (non-hydrogen) atoms. The molecule has 1 atom stereocenters. The van der Waals surface area contributed by atoms with Gasteiger partial charge in [-0.3, -0.25) is 4.79 Å². The average molecular weight is 372 g/mol. The Bertz CT molecular complexity index is 752. The SMILES string of the molecule is Cc1cccc(C[C@H](NC(=O)c2ccc(CNCCO)cc2)B(O)O)c1O. The quantitative estimate of drug-likeness (QED) is 0.275. The zero-order chi connectivity index (χ0) is 19.8. The van der Waals surface area contributed by atoms with Gasteiger partial charge in [-0.05, 0) is 42.2 Å². The summed E-state index contributed by atoms with van der Waals surface area (Å²) >= 11 is 0. The first-order valence-electron chi connectivity index (χ1n) is 8.77. The minimum absolute atomic E-state index is 0.0574. The van der Waals surface area contributed by atoms with Gasteiger partial charge in [0.15, 0.2) is 0 Å². The summed E-state index contributed by atoms with van der Waals surface area (Å²) in [6.45, 7) is 2.87. The van der Waals surface area contributed by atoms with E-state index in [1.807, 2.05) is 0 Å². The van der Waals surface area contributed by atoms with Crippen LogP contribution in [0.5, 0.6) is 5.75 Å². The number of phenolic OH excluding ortho intramolecular Hbond substituents is 1. The highest BCUT2D eigenvalue weighted by Crippen LogP contribution is 2.23. The molecular weight excluding hydrogens is 347 g/mol. The van der Waals surface area contributed by atoms with Crippen molar-refractivity contribution >= 4 is 13.0 Å². The molecule has 2 aromatic carbocycles. The number of benzene rings is 2. The van der Waals surface area contributed by atoms with Crippen molar-refractivity contribution in [2.75, 3.05) is 13.2 Å². The molecule has 0 bridgehead atoms. The van der Waals surface area contributed by atoms with E-state index in [-0.39, 0.29) is 18.8 Å². The molecular formula is C19H25BN2O5. The molecule has 0 spiro atoms. The van der Waals surface area contributed by atoms with Crippen LogP contribution in [0.1, 0.15) is 27.0 Å². The number of aromatic hydroxyl groups is 1. The fourth-order valence-electron chi connectivity index (χ4n) is 2.69. The Balaban J connectivity index is 2.03. The number of para-hydroxylation sites is 1. The van der Waals surface area contributed by atoms with Crippen LogP contribution in [0.3, 0.4) is 0 Å². The molecule has 0 unspecified atom stereocenters. The molecule has 0 saturated heterocycles. The molecule has 2 rings (SSSR count). The number of carbonyl (C=O) groups excluding carboxylic acids is 1. The lowest BCUT2D eigenvalue weighted by molar-refractivity contribution is 0.0942. The molecule has 0 saturated carbocycles. The van der Waals surface area contributed by atoms with Gasteiger partial charge in [0.1, 0.15) is 5.75 Å². The van der Waals surface area contributed by atoms with Crippen LogP contribution < -0.4 is 10.6 Å². The Morgan fingerprint density at radius 3 is 2.48 bits per heavy atom. The lowest BCUT2D eigenvalue weighted by atomic mass is 9.75. The van der Waals surface area contributed by atoms with Crippen LogP contribution in [-0.2, 0) is 13.0 Å². The van der Waals surface area contributed by atoms with Gasteiger partial charge in [-0.15, -0.1) is 0 Å². The summed E-state index contributed by atoms with van der Waals surface area (Å²) in [5.74, 6) is -1.32. The maximum atomic E-state index is 12.4. The first kappa shape index (κ1) is 20.9. The molecule has 144 valence electrons. The Morgan fingerprint density at radius 2 is 1.85 bits per heavy atom. The molecule has 6 N–H and O–H groups in total. The van der Waals surface area contributed by atoms with Crippen LogP contribution in [-0.4, -0.2) is 52.4 Å². The standard InChI is InChI=1S/C19H25BN2O5/c1-13-3-2-4-16(18(13)24)11-17(20(26)27)22-19(25)15-7-5-14(6-8-15)12-21-9-10-23/h2-8,17,21,23-24,26-27H,9-12H2,1H3,(H,22,25)/t17-/m0/s1. The zero-order valence-electron chi connectivity index (χ0n) is 15.2. The summed E-state index contributed by atoms with van der Waals surface area (Å²) in [5.41, 5.74) is 2.55. The fraction of sp³-hybridized carbons (Fsp3) is 0.316. The number of aliphatic hydroxyl groups is 1. The highest BCUT2D eigenvalue weighted by Gasteiger charge is 2.27. The van der Waals surface area contributed by atoms with Crippen molar-refractivity contribution in [3.63, 3.8) is 0 Å². The summed E-state index contributed by atoms with van der Waals surface area (Å²) in [4.78, 5) is 12.4. The average Bonchev–Trinajstić information content (AvgIpc) is 2.65. The number of phenols is 1. The number of carbonyl (C=O) groups is 1. The molecule has 0 aliphatic rings. The van der Waals surface area contributed by atoms with E-state index in [0.29, 0.717) is 29.8 Å². The highest BCUT2D eigenvalue weighted by molar-refractivity contribution is 6.43. The van der Waals surface area contributed by atoms with Crippen LogP contribution in [0.4, 0.5) is 0 Å².